The number of carbonyl (C=O) groups is 2. The van der Waals surface area contributed by atoms with E-state index in [1.165, 1.54) is 37.4 Å². The molecule has 0 radical (unpaired) electrons. The third-order valence-electron chi connectivity index (χ3n) is 3.40. The van der Waals surface area contributed by atoms with Crippen LogP contribution in [-0.2, 0) is 0 Å². The van der Waals surface area contributed by atoms with Gasteiger partial charge in [0.05, 0.1) is 10.4 Å². The first-order chi connectivity index (χ1) is 11.9. The smallest absolute Gasteiger partial charge is 0.351 e. The zero-order valence-electron chi connectivity index (χ0n) is 12.8. The van der Waals surface area contributed by atoms with Gasteiger partial charge >= 0.3 is 17.6 Å². The number of hydrogen-bond acceptors (Lipinski definition) is 5. The number of benzene rings is 1. The van der Waals surface area contributed by atoms with E-state index in [1.54, 1.807) is 6.07 Å². The number of thiophene rings is 1. The van der Waals surface area contributed by atoms with Crippen LogP contribution in [0.5, 0.6) is 0 Å². The van der Waals surface area contributed by atoms with Crippen LogP contribution in [0.4, 0.5) is 19.9 Å². The number of hydrogen-bond donors (Lipinski definition) is 2. The first kappa shape index (κ1) is 16.7. The number of aromatic carboxylic acids is 1. The van der Waals surface area contributed by atoms with E-state index in [1.807, 2.05) is 0 Å². The Kier molecular flexibility index (Phi) is 4.24. The minimum atomic E-state index is -1.39. The Bertz CT molecular complexity index is 1040. The van der Waals surface area contributed by atoms with Gasteiger partial charge in [-0.25, -0.2) is 18.8 Å². The molecule has 9 heteroatoms. The minimum absolute atomic E-state index is 0.0980. The lowest BCUT2D eigenvalue weighted by atomic mass is 10.3. The molecule has 128 valence electrons. The Morgan fingerprint density at radius 1 is 1.28 bits per heavy atom. The molecule has 0 aliphatic heterocycles. The Balaban J connectivity index is 1.88. The number of nitrogens with zero attached hydrogens (tertiary/aromatic N) is 1. The minimum Gasteiger partial charge on any atom is -0.477 e. The molecule has 2 N–H and O–H groups in total. The predicted molar refractivity (Wildman–Crippen MR) is 91.1 cm³/mol. The van der Waals surface area contributed by atoms with E-state index in [0.717, 1.165) is 16.2 Å². The van der Waals surface area contributed by atoms with Crippen LogP contribution in [0.2, 0.25) is 0 Å². The molecule has 1 aromatic carbocycles. The number of fused-ring (bicyclic) bond motifs is 1. The zero-order chi connectivity index (χ0) is 18.1. The molecule has 0 atom stereocenters. The van der Waals surface area contributed by atoms with Crippen molar-refractivity contribution in [3.05, 3.63) is 58.2 Å². The molecule has 2 amide bonds. The summed E-state index contributed by atoms with van der Waals surface area (Å²) in [5.41, 5.74) is -1.21. The fourth-order valence-electron chi connectivity index (χ4n) is 2.15. The molecule has 7 nitrogen and oxygen atoms in total. The topological polar surface area (TPSA) is 99.9 Å². The van der Waals surface area contributed by atoms with Gasteiger partial charge in [-0.15, -0.1) is 11.3 Å². The Labute approximate surface area is 143 Å². The number of halogens is 1. The van der Waals surface area contributed by atoms with Crippen molar-refractivity contribution in [2.75, 3.05) is 17.3 Å². The average molecular weight is 362 g/mol. The van der Waals surface area contributed by atoms with E-state index in [9.17, 15) is 18.8 Å². The van der Waals surface area contributed by atoms with Crippen molar-refractivity contribution in [1.82, 2.24) is 0 Å². The van der Waals surface area contributed by atoms with E-state index in [0.29, 0.717) is 9.70 Å². The summed E-state index contributed by atoms with van der Waals surface area (Å²) < 4.78 is 19.1. The van der Waals surface area contributed by atoms with E-state index in [2.05, 4.69) is 5.32 Å². The molecule has 0 spiro atoms. The number of amides is 2. The third-order valence-corrected chi connectivity index (χ3v) is 4.38. The monoisotopic (exact) mass is 362 g/mol. The number of para-hydroxylation sites is 1. The maximum absolute atomic E-state index is 13.7. The number of carbonyl (C=O) groups excluding carboxylic acids is 1. The lowest BCUT2D eigenvalue weighted by molar-refractivity contribution is 0.0692. The Morgan fingerprint density at radius 2 is 2.00 bits per heavy atom. The molecule has 3 aromatic rings. The van der Waals surface area contributed by atoms with Crippen molar-refractivity contribution >= 4 is 44.3 Å². The number of carboxylic acid groups (broad SMARTS) is 1. The van der Waals surface area contributed by atoms with E-state index in [-0.39, 0.29) is 11.3 Å². The van der Waals surface area contributed by atoms with Gasteiger partial charge < -0.3 is 9.52 Å². The highest BCUT2D eigenvalue weighted by Gasteiger charge is 2.18. The summed E-state index contributed by atoms with van der Waals surface area (Å²) in [6, 6.07) is 7.79. The molecule has 0 aliphatic carbocycles. The molecular formula is C16H11FN2O5S. The SMILES string of the molecule is CN(C(=O)Nc1cc2oc(=O)c(C(=O)O)cc2s1)c1ccccc1F. The van der Waals surface area contributed by atoms with Crippen molar-refractivity contribution in [3.63, 3.8) is 0 Å². The van der Waals surface area contributed by atoms with Crippen LogP contribution >= 0.6 is 11.3 Å². The summed E-state index contributed by atoms with van der Waals surface area (Å²) >= 11 is 1.03. The maximum Gasteiger partial charge on any atom is 0.351 e. The van der Waals surface area contributed by atoms with Gasteiger partial charge in [0.1, 0.15) is 16.4 Å². The molecule has 25 heavy (non-hydrogen) atoms. The van der Waals surface area contributed by atoms with Crippen LogP contribution in [-0.4, -0.2) is 24.2 Å². The quantitative estimate of drug-likeness (QED) is 0.744. The van der Waals surface area contributed by atoms with Crippen LogP contribution in [0.1, 0.15) is 10.4 Å². The van der Waals surface area contributed by atoms with Gasteiger partial charge in [-0.2, -0.15) is 0 Å². The number of nitrogens with one attached hydrogen (secondary N) is 1. The zero-order valence-corrected chi connectivity index (χ0v) is 13.6. The molecule has 2 heterocycles. The summed E-state index contributed by atoms with van der Waals surface area (Å²) in [6.45, 7) is 0. The van der Waals surface area contributed by atoms with Crippen molar-refractivity contribution in [2.45, 2.75) is 0 Å². The van der Waals surface area contributed by atoms with Crippen LogP contribution in [0.25, 0.3) is 10.3 Å². The van der Waals surface area contributed by atoms with Gasteiger partial charge in [-0.3, -0.25) is 10.2 Å². The highest BCUT2D eigenvalue weighted by Crippen LogP contribution is 2.30. The highest BCUT2D eigenvalue weighted by atomic mass is 32.1. The molecule has 0 fully saturated rings. The predicted octanol–water partition coefficient (Wildman–Crippen LogP) is 3.36. The van der Waals surface area contributed by atoms with Crippen LogP contribution in [0.3, 0.4) is 0 Å². The van der Waals surface area contributed by atoms with Gasteiger partial charge in [-0.1, -0.05) is 12.1 Å². The standard InChI is InChI=1S/C16H11FN2O5S/c1-19(10-5-3-2-4-9(10)17)16(23)18-13-7-11-12(25-13)6-8(14(20)21)15(22)24-11/h2-7H,1H3,(H,18,23)(H,20,21). The Morgan fingerprint density at radius 3 is 2.68 bits per heavy atom. The molecule has 2 aromatic heterocycles. The normalized spacial score (nSPS) is 10.6. The van der Waals surface area contributed by atoms with Gasteiger partial charge in [0.25, 0.3) is 0 Å². The van der Waals surface area contributed by atoms with E-state index < -0.39 is 29.0 Å². The number of anilines is 2. The maximum atomic E-state index is 13.7. The number of rotatable bonds is 3. The van der Waals surface area contributed by atoms with Crippen molar-refractivity contribution in [1.29, 1.82) is 0 Å². The summed E-state index contributed by atoms with van der Waals surface area (Å²) in [4.78, 5) is 35.9. The van der Waals surface area contributed by atoms with E-state index in [4.69, 9.17) is 9.52 Å². The summed E-state index contributed by atoms with van der Waals surface area (Å²) in [5, 5.41) is 11.8. The molecule has 0 unspecified atom stereocenters. The van der Waals surface area contributed by atoms with E-state index >= 15 is 0 Å². The summed E-state index contributed by atoms with van der Waals surface area (Å²) in [6.07, 6.45) is 0. The second-order valence-corrected chi connectivity index (χ2v) is 6.12. The van der Waals surface area contributed by atoms with Gasteiger partial charge in [0.15, 0.2) is 5.58 Å². The molecule has 0 aliphatic rings. The van der Waals surface area contributed by atoms with Crippen LogP contribution in [0, 0.1) is 5.82 Å². The largest absolute Gasteiger partial charge is 0.477 e. The number of urea groups is 1. The first-order valence-electron chi connectivity index (χ1n) is 6.97. The van der Waals surface area contributed by atoms with Gasteiger partial charge in [-0.05, 0) is 18.2 Å². The van der Waals surface area contributed by atoms with Crippen LogP contribution in [0.15, 0.2) is 45.6 Å². The van der Waals surface area contributed by atoms with Gasteiger partial charge in [0.2, 0.25) is 0 Å². The molecule has 0 bridgehead atoms. The summed E-state index contributed by atoms with van der Waals surface area (Å²) in [7, 11) is 1.41. The van der Waals surface area contributed by atoms with Crippen LogP contribution < -0.4 is 15.8 Å². The lowest BCUT2D eigenvalue weighted by Gasteiger charge is -2.17. The second kappa shape index (κ2) is 6.36. The molecule has 3 rings (SSSR count). The molecular weight excluding hydrogens is 351 g/mol. The van der Waals surface area contributed by atoms with Crippen molar-refractivity contribution in [2.24, 2.45) is 0 Å². The Hall–Kier alpha value is -3.20. The van der Waals surface area contributed by atoms with Crippen molar-refractivity contribution in [3.8, 4) is 0 Å². The molecule has 0 saturated carbocycles. The lowest BCUT2D eigenvalue weighted by Crippen LogP contribution is -2.31. The highest BCUT2D eigenvalue weighted by molar-refractivity contribution is 7.22. The van der Waals surface area contributed by atoms with Crippen molar-refractivity contribution < 1.29 is 23.5 Å². The first-order valence-corrected chi connectivity index (χ1v) is 7.78. The number of carboxylic acids is 1. The average Bonchev–Trinajstić information content (AvgIpc) is 2.94. The third kappa shape index (κ3) is 3.22. The molecule has 0 saturated heterocycles. The fourth-order valence-corrected chi connectivity index (χ4v) is 3.07. The van der Waals surface area contributed by atoms with Gasteiger partial charge in [0, 0.05) is 13.1 Å². The summed E-state index contributed by atoms with van der Waals surface area (Å²) in [5.74, 6) is -1.94. The fraction of sp³-hybridized carbons (Fsp3) is 0.0625. The second-order valence-electron chi connectivity index (χ2n) is 5.03.